The van der Waals surface area contributed by atoms with Crippen LogP contribution in [-0.2, 0) is 0 Å². The first kappa shape index (κ1) is 15.5. The van der Waals surface area contributed by atoms with Crippen LogP contribution in [0.3, 0.4) is 0 Å². The van der Waals surface area contributed by atoms with Crippen molar-refractivity contribution in [2.24, 2.45) is 0 Å². The molecule has 0 spiro atoms. The number of aliphatic hydroxyl groups excluding tert-OH is 1. The van der Waals surface area contributed by atoms with E-state index in [-0.39, 0.29) is 10.8 Å². The van der Waals surface area contributed by atoms with Crippen LogP contribution in [0.15, 0.2) is 30.3 Å². The minimum absolute atomic E-state index is 0.0784. The fourth-order valence-electron chi connectivity index (χ4n) is 1.67. The number of fused-ring (bicyclic) bond motifs is 1. The van der Waals surface area contributed by atoms with Gasteiger partial charge in [-0.15, -0.1) is 0 Å². The first-order valence-corrected chi connectivity index (χ1v) is 6.25. The average Bonchev–Trinajstić information content (AvgIpc) is 2.43. The van der Waals surface area contributed by atoms with Gasteiger partial charge in [-0.2, -0.15) is 13.2 Å². The molecule has 0 fully saturated rings. The van der Waals surface area contributed by atoms with Crippen LogP contribution in [0.1, 0.15) is 10.5 Å². The summed E-state index contributed by atoms with van der Waals surface area (Å²) in [6, 6.07) is 8.30. The number of benzene rings is 1. The SMILES string of the molecule is O=C(NCC(O)C(F)(F)F)c1cc2ccccc2c(Cl)n1. The molecule has 0 aliphatic carbocycles. The van der Waals surface area contributed by atoms with Crippen molar-refractivity contribution in [3.05, 3.63) is 41.2 Å². The van der Waals surface area contributed by atoms with Crippen molar-refractivity contribution in [2.45, 2.75) is 12.3 Å². The van der Waals surface area contributed by atoms with E-state index < -0.39 is 24.7 Å². The molecule has 2 N–H and O–H groups in total. The lowest BCUT2D eigenvalue weighted by molar-refractivity contribution is -0.201. The number of alkyl halides is 3. The van der Waals surface area contributed by atoms with Gasteiger partial charge < -0.3 is 10.4 Å². The van der Waals surface area contributed by atoms with Gasteiger partial charge in [0.05, 0.1) is 6.54 Å². The van der Waals surface area contributed by atoms with Crippen molar-refractivity contribution in [1.82, 2.24) is 10.3 Å². The molecule has 2 aromatic rings. The Labute approximate surface area is 122 Å². The summed E-state index contributed by atoms with van der Waals surface area (Å²) in [5.41, 5.74) is -0.118. The Morgan fingerprint density at radius 1 is 1.38 bits per heavy atom. The van der Waals surface area contributed by atoms with Crippen LogP contribution in [0.5, 0.6) is 0 Å². The summed E-state index contributed by atoms with van der Waals surface area (Å²) in [7, 11) is 0. The third kappa shape index (κ3) is 3.62. The molecule has 112 valence electrons. The largest absolute Gasteiger partial charge is 0.416 e. The Bertz CT molecular complexity index is 676. The summed E-state index contributed by atoms with van der Waals surface area (Å²) in [5, 5.41) is 12.1. The number of hydrogen-bond donors (Lipinski definition) is 2. The summed E-state index contributed by atoms with van der Waals surface area (Å²) >= 11 is 5.92. The summed E-state index contributed by atoms with van der Waals surface area (Å²) in [5.74, 6) is -0.842. The van der Waals surface area contributed by atoms with Gasteiger partial charge in [0.1, 0.15) is 10.8 Å². The van der Waals surface area contributed by atoms with Gasteiger partial charge in [0.25, 0.3) is 5.91 Å². The van der Waals surface area contributed by atoms with Crippen LogP contribution in [0, 0.1) is 0 Å². The zero-order chi connectivity index (χ0) is 15.6. The van der Waals surface area contributed by atoms with E-state index in [2.05, 4.69) is 4.98 Å². The number of carbonyl (C=O) groups is 1. The van der Waals surface area contributed by atoms with Crippen LogP contribution >= 0.6 is 11.6 Å². The normalized spacial score (nSPS) is 13.2. The topological polar surface area (TPSA) is 62.2 Å². The van der Waals surface area contributed by atoms with Crippen molar-refractivity contribution in [3.8, 4) is 0 Å². The van der Waals surface area contributed by atoms with Gasteiger partial charge in [-0.05, 0) is 11.5 Å². The lowest BCUT2D eigenvalue weighted by Crippen LogP contribution is -2.40. The molecule has 4 nitrogen and oxygen atoms in total. The highest BCUT2D eigenvalue weighted by atomic mass is 35.5. The van der Waals surface area contributed by atoms with Crippen LogP contribution in [0.25, 0.3) is 10.8 Å². The maximum Gasteiger partial charge on any atom is 0.416 e. The molecule has 0 saturated heterocycles. The van der Waals surface area contributed by atoms with E-state index in [1.54, 1.807) is 24.3 Å². The summed E-state index contributed by atoms with van der Waals surface area (Å²) in [4.78, 5) is 15.6. The van der Waals surface area contributed by atoms with Gasteiger partial charge in [-0.3, -0.25) is 4.79 Å². The van der Waals surface area contributed by atoms with E-state index in [0.717, 1.165) is 0 Å². The number of pyridine rings is 1. The van der Waals surface area contributed by atoms with Crippen molar-refractivity contribution in [1.29, 1.82) is 0 Å². The second-order valence-corrected chi connectivity index (χ2v) is 4.64. The summed E-state index contributed by atoms with van der Waals surface area (Å²) < 4.78 is 36.4. The predicted molar refractivity (Wildman–Crippen MR) is 71.1 cm³/mol. The number of rotatable bonds is 3. The highest BCUT2D eigenvalue weighted by molar-refractivity contribution is 6.34. The fraction of sp³-hybridized carbons (Fsp3) is 0.231. The maximum absolute atomic E-state index is 12.1. The molecule has 8 heteroatoms. The molecule has 0 saturated carbocycles. The van der Waals surface area contributed by atoms with E-state index in [1.165, 1.54) is 6.07 Å². The molecule has 0 aliphatic rings. The quantitative estimate of drug-likeness (QED) is 0.855. The second kappa shape index (κ2) is 5.87. The molecule has 1 amide bonds. The van der Waals surface area contributed by atoms with Crippen molar-refractivity contribution in [3.63, 3.8) is 0 Å². The molecule has 0 bridgehead atoms. The molecule has 1 atom stereocenters. The van der Waals surface area contributed by atoms with Crippen LogP contribution in [0.4, 0.5) is 13.2 Å². The number of carbonyl (C=O) groups excluding carboxylic acids is 1. The maximum atomic E-state index is 12.1. The van der Waals surface area contributed by atoms with E-state index in [9.17, 15) is 18.0 Å². The number of aromatic nitrogens is 1. The molecular weight excluding hydrogens is 309 g/mol. The lowest BCUT2D eigenvalue weighted by atomic mass is 10.1. The number of nitrogens with zero attached hydrogens (tertiary/aromatic N) is 1. The first-order valence-electron chi connectivity index (χ1n) is 5.87. The third-order valence-electron chi connectivity index (χ3n) is 2.76. The number of nitrogens with one attached hydrogen (secondary N) is 1. The Kier molecular flexibility index (Phi) is 4.34. The average molecular weight is 319 g/mol. The Morgan fingerprint density at radius 2 is 2.05 bits per heavy atom. The Hall–Kier alpha value is -1.86. The number of hydrogen-bond acceptors (Lipinski definition) is 3. The van der Waals surface area contributed by atoms with Crippen LogP contribution in [-0.4, -0.2) is 34.8 Å². The minimum atomic E-state index is -4.79. The van der Waals surface area contributed by atoms with Crippen molar-refractivity contribution >= 4 is 28.3 Å². The van der Waals surface area contributed by atoms with Crippen LogP contribution < -0.4 is 5.32 Å². The van der Waals surface area contributed by atoms with Gasteiger partial charge in [0, 0.05) is 5.39 Å². The number of amides is 1. The van der Waals surface area contributed by atoms with Crippen molar-refractivity contribution in [2.75, 3.05) is 6.54 Å². The van der Waals surface area contributed by atoms with Gasteiger partial charge >= 0.3 is 6.18 Å². The molecule has 21 heavy (non-hydrogen) atoms. The molecule has 1 aromatic carbocycles. The monoisotopic (exact) mass is 318 g/mol. The van der Waals surface area contributed by atoms with Gasteiger partial charge in [-0.1, -0.05) is 35.9 Å². The predicted octanol–water partition coefficient (Wildman–Crippen LogP) is 2.54. The smallest absolute Gasteiger partial charge is 0.382 e. The molecular formula is C13H10ClF3N2O2. The second-order valence-electron chi connectivity index (χ2n) is 4.29. The summed E-state index contributed by atoms with van der Waals surface area (Å²) in [6.07, 6.45) is -7.42. The molecule has 1 heterocycles. The number of aliphatic hydroxyl groups is 1. The Balaban J connectivity index is 2.17. The van der Waals surface area contributed by atoms with E-state index in [4.69, 9.17) is 16.7 Å². The molecule has 2 rings (SSSR count). The van der Waals surface area contributed by atoms with Gasteiger partial charge in [0.15, 0.2) is 6.10 Å². The molecule has 1 aromatic heterocycles. The first-order chi connectivity index (χ1) is 9.79. The lowest BCUT2D eigenvalue weighted by Gasteiger charge is -2.15. The van der Waals surface area contributed by atoms with Crippen molar-refractivity contribution < 1.29 is 23.1 Å². The highest BCUT2D eigenvalue weighted by Gasteiger charge is 2.38. The zero-order valence-corrected chi connectivity index (χ0v) is 11.2. The zero-order valence-electron chi connectivity index (χ0n) is 10.5. The van der Waals surface area contributed by atoms with E-state index in [1.807, 2.05) is 5.32 Å². The van der Waals surface area contributed by atoms with E-state index >= 15 is 0 Å². The van der Waals surface area contributed by atoms with Crippen LogP contribution in [0.2, 0.25) is 5.15 Å². The van der Waals surface area contributed by atoms with E-state index in [0.29, 0.717) is 10.8 Å². The minimum Gasteiger partial charge on any atom is -0.382 e. The third-order valence-corrected chi connectivity index (χ3v) is 3.05. The van der Waals surface area contributed by atoms with Gasteiger partial charge in [-0.25, -0.2) is 4.98 Å². The molecule has 0 radical (unpaired) electrons. The standard InChI is InChI=1S/C13H10ClF3N2O2/c14-11-8-4-2-1-3-7(8)5-9(19-11)12(21)18-6-10(20)13(15,16)17/h1-5,10,20H,6H2,(H,18,21). The van der Waals surface area contributed by atoms with Gasteiger partial charge in [0.2, 0.25) is 0 Å². The number of halogens is 4. The molecule has 1 unspecified atom stereocenters. The molecule has 0 aliphatic heterocycles. The fourth-order valence-corrected chi connectivity index (χ4v) is 1.93. The highest BCUT2D eigenvalue weighted by Crippen LogP contribution is 2.22. The summed E-state index contributed by atoms with van der Waals surface area (Å²) in [6.45, 7) is -0.950. The Morgan fingerprint density at radius 3 is 2.71 bits per heavy atom.